The highest BCUT2D eigenvalue weighted by atomic mass is 32.1. The number of nitrogens with one attached hydrogen (secondary N) is 1. The fourth-order valence-electron chi connectivity index (χ4n) is 2.48. The molecule has 0 saturated carbocycles. The highest BCUT2D eigenvalue weighted by Crippen LogP contribution is 2.34. The van der Waals surface area contributed by atoms with Crippen molar-refractivity contribution in [3.63, 3.8) is 0 Å². The number of aryl methyl sites for hydroxylation is 1. The summed E-state index contributed by atoms with van der Waals surface area (Å²) in [5.41, 5.74) is 8.61. The van der Waals surface area contributed by atoms with E-state index in [9.17, 15) is 4.79 Å². The van der Waals surface area contributed by atoms with Crippen molar-refractivity contribution in [3.8, 4) is 0 Å². The molecule has 3 rings (SSSR count). The monoisotopic (exact) mass is 289 g/mol. The van der Waals surface area contributed by atoms with Crippen LogP contribution >= 0.6 is 11.3 Å². The molecule has 1 aliphatic rings. The first kappa shape index (κ1) is 13.1. The summed E-state index contributed by atoms with van der Waals surface area (Å²) in [6.07, 6.45) is 2.08. The van der Waals surface area contributed by atoms with Crippen LogP contribution in [0.3, 0.4) is 0 Å². The Balaban J connectivity index is 1.75. The Morgan fingerprint density at radius 2 is 2.30 bits per heavy atom. The van der Waals surface area contributed by atoms with Crippen LogP contribution in [-0.4, -0.2) is 16.1 Å². The van der Waals surface area contributed by atoms with Gasteiger partial charge in [0.15, 0.2) is 5.13 Å². The lowest BCUT2D eigenvalue weighted by Gasteiger charge is -2.12. The van der Waals surface area contributed by atoms with Gasteiger partial charge in [0.05, 0.1) is 11.7 Å². The van der Waals surface area contributed by atoms with E-state index in [1.807, 2.05) is 6.07 Å². The number of aliphatic carboxylic acids is 1. The molecule has 1 aromatic carbocycles. The zero-order valence-electron chi connectivity index (χ0n) is 10.7. The predicted molar refractivity (Wildman–Crippen MR) is 77.8 cm³/mol. The van der Waals surface area contributed by atoms with Gasteiger partial charge in [-0.1, -0.05) is 24.3 Å². The fraction of sp³-hybridized carbons (Fsp3) is 0.286. The van der Waals surface area contributed by atoms with Crippen molar-refractivity contribution >= 4 is 22.4 Å². The number of benzene rings is 1. The highest BCUT2D eigenvalue weighted by Gasteiger charge is 2.23. The molecule has 104 valence electrons. The topological polar surface area (TPSA) is 88.2 Å². The first-order valence-corrected chi connectivity index (χ1v) is 7.31. The Morgan fingerprint density at radius 1 is 1.50 bits per heavy atom. The van der Waals surface area contributed by atoms with E-state index in [1.165, 1.54) is 22.5 Å². The van der Waals surface area contributed by atoms with E-state index in [1.54, 1.807) is 5.38 Å². The number of rotatable bonds is 4. The van der Waals surface area contributed by atoms with Gasteiger partial charge in [0, 0.05) is 5.38 Å². The molecule has 1 heterocycles. The Kier molecular flexibility index (Phi) is 3.42. The first-order chi connectivity index (χ1) is 9.65. The van der Waals surface area contributed by atoms with E-state index in [-0.39, 0.29) is 6.04 Å². The molecule has 2 atom stereocenters. The van der Waals surface area contributed by atoms with Crippen LogP contribution in [-0.2, 0) is 11.2 Å². The van der Waals surface area contributed by atoms with E-state index in [0.717, 1.165) is 18.0 Å². The number of thiazole rings is 1. The fourth-order valence-corrected chi connectivity index (χ4v) is 3.28. The number of fused-ring (bicyclic) bond motifs is 1. The van der Waals surface area contributed by atoms with E-state index in [4.69, 9.17) is 10.8 Å². The second kappa shape index (κ2) is 5.22. The molecule has 0 bridgehead atoms. The van der Waals surface area contributed by atoms with Crippen molar-refractivity contribution in [2.75, 3.05) is 5.32 Å². The molecule has 2 unspecified atom stereocenters. The van der Waals surface area contributed by atoms with Gasteiger partial charge in [-0.25, -0.2) is 4.98 Å². The number of carboxylic acids is 1. The minimum Gasteiger partial charge on any atom is -0.480 e. The van der Waals surface area contributed by atoms with Crippen LogP contribution in [0.4, 0.5) is 5.13 Å². The minimum absolute atomic E-state index is 0.242. The molecule has 1 aliphatic carbocycles. The van der Waals surface area contributed by atoms with Crippen LogP contribution in [0.25, 0.3) is 0 Å². The Hall–Kier alpha value is -1.92. The Morgan fingerprint density at radius 3 is 3.10 bits per heavy atom. The Bertz CT molecular complexity index is 641. The lowest BCUT2D eigenvalue weighted by molar-refractivity contribution is -0.138. The molecule has 0 spiro atoms. The third kappa shape index (κ3) is 2.39. The highest BCUT2D eigenvalue weighted by molar-refractivity contribution is 7.13. The second-order valence-electron chi connectivity index (χ2n) is 4.83. The summed E-state index contributed by atoms with van der Waals surface area (Å²) in [6.45, 7) is 0. The molecule has 4 N–H and O–H groups in total. The van der Waals surface area contributed by atoms with Gasteiger partial charge in [0.25, 0.3) is 0 Å². The standard InChI is InChI=1S/C14H15N3O2S/c15-12(13(18)19)11-7-20-14(17-11)16-10-6-5-8-3-1-2-4-9(8)10/h1-4,7,10,12H,5-6,15H2,(H,16,17)(H,18,19). The average Bonchev–Trinajstić information content (AvgIpc) is 3.06. The molecule has 0 aliphatic heterocycles. The van der Waals surface area contributed by atoms with Gasteiger partial charge in [0.2, 0.25) is 0 Å². The van der Waals surface area contributed by atoms with E-state index >= 15 is 0 Å². The lowest BCUT2D eigenvalue weighted by Crippen LogP contribution is -2.21. The summed E-state index contributed by atoms with van der Waals surface area (Å²) >= 11 is 1.39. The molecular weight excluding hydrogens is 274 g/mol. The number of anilines is 1. The van der Waals surface area contributed by atoms with Crippen LogP contribution in [0.1, 0.15) is 35.3 Å². The van der Waals surface area contributed by atoms with Gasteiger partial charge in [-0.2, -0.15) is 0 Å². The van der Waals surface area contributed by atoms with Crippen molar-refractivity contribution in [2.45, 2.75) is 24.9 Å². The van der Waals surface area contributed by atoms with Crippen LogP contribution in [0.15, 0.2) is 29.6 Å². The average molecular weight is 289 g/mol. The summed E-state index contributed by atoms with van der Waals surface area (Å²) < 4.78 is 0. The van der Waals surface area contributed by atoms with Crippen molar-refractivity contribution in [1.82, 2.24) is 4.98 Å². The molecule has 20 heavy (non-hydrogen) atoms. The summed E-state index contributed by atoms with van der Waals surface area (Å²) in [4.78, 5) is 15.1. The van der Waals surface area contributed by atoms with Crippen molar-refractivity contribution in [2.24, 2.45) is 5.73 Å². The predicted octanol–water partition coefficient (Wildman–Crippen LogP) is 2.33. The molecule has 0 fully saturated rings. The van der Waals surface area contributed by atoms with Crippen molar-refractivity contribution < 1.29 is 9.90 Å². The molecule has 0 amide bonds. The number of nitrogens with two attached hydrogens (primary N) is 1. The van der Waals surface area contributed by atoms with Crippen LogP contribution in [0, 0.1) is 0 Å². The number of hydrogen-bond acceptors (Lipinski definition) is 5. The molecule has 5 nitrogen and oxygen atoms in total. The lowest BCUT2D eigenvalue weighted by atomic mass is 10.1. The molecule has 0 saturated heterocycles. The molecule has 1 aromatic heterocycles. The zero-order chi connectivity index (χ0) is 14.1. The Labute approximate surface area is 120 Å². The quantitative estimate of drug-likeness (QED) is 0.804. The summed E-state index contributed by atoms with van der Waals surface area (Å²) in [5, 5.41) is 14.7. The smallest absolute Gasteiger partial charge is 0.326 e. The maximum atomic E-state index is 10.8. The van der Waals surface area contributed by atoms with Gasteiger partial charge in [-0.15, -0.1) is 11.3 Å². The molecule has 6 heteroatoms. The summed E-state index contributed by atoms with van der Waals surface area (Å²) in [7, 11) is 0. The largest absolute Gasteiger partial charge is 0.480 e. The number of carboxylic acid groups (broad SMARTS) is 1. The first-order valence-electron chi connectivity index (χ1n) is 6.43. The van der Waals surface area contributed by atoms with Crippen LogP contribution in [0.2, 0.25) is 0 Å². The third-order valence-electron chi connectivity index (χ3n) is 3.54. The van der Waals surface area contributed by atoms with Crippen molar-refractivity contribution in [3.05, 3.63) is 46.5 Å². The maximum Gasteiger partial charge on any atom is 0.326 e. The van der Waals surface area contributed by atoms with Gasteiger partial charge >= 0.3 is 5.97 Å². The molecule has 0 radical (unpaired) electrons. The number of hydrogen-bond donors (Lipinski definition) is 3. The second-order valence-corrected chi connectivity index (χ2v) is 5.69. The van der Waals surface area contributed by atoms with E-state index in [0.29, 0.717) is 5.69 Å². The molecular formula is C14H15N3O2S. The normalized spacial score (nSPS) is 18.6. The van der Waals surface area contributed by atoms with Crippen LogP contribution < -0.4 is 11.1 Å². The SMILES string of the molecule is NC(C(=O)O)c1csc(NC2CCc3ccccc32)n1. The number of nitrogens with zero attached hydrogens (tertiary/aromatic N) is 1. The molecule has 2 aromatic rings. The minimum atomic E-state index is -1.06. The van der Waals surface area contributed by atoms with Gasteiger partial charge in [0.1, 0.15) is 6.04 Å². The number of carbonyl (C=O) groups is 1. The number of aromatic nitrogens is 1. The van der Waals surface area contributed by atoms with Gasteiger partial charge in [-0.05, 0) is 24.0 Å². The van der Waals surface area contributed by atoms with Gasteiger partial charge in [-0.3, -0.25) is 4.79 Å². The maximum absolute atomic E-state index is 10.8. The van der Waals surface area contributed by atoms with Crippen LogP contribution in [0.5, 0.6) is 0 Å². The third-order valence-corrected chi connectivity index (χ3v) is 4.33. The van der Waals surface area contributed by atoms with Crippen molar-refractivity contribution in [1.29, 1.82) is 0 Å². The van der Waals surface area contributed by atoms with E-state index in [2.05, 4.69) is 28.5 Å². The van der Waals surface area contributed by atoms with E-state index < -0.39 is 12.0 Å². The van der Waals surface area contributed by atoms with Gasteiger partial charge < -0.3 is 16.2 Å². The zero-order valence-corrected chi connectivity index (χ0v) is 11.6. The summed E-state index contributed by atoms with van der Waals surface area (Å²) in [6, 6.07) is 7.53. The summed E-state index contributed by atoms with van der Waals surface area (Å²) in [5.74, 6) is -1.06.